The highest BCUT2D eigenvalue weighted by Gasteiger charge is 2.27. The molecule has 20 heavy (non-hydrogen) atoms. The molecule has 7 heteroatoms. The highest BCUT2D eigenvalue weighted by Crippen LogP contribution is 2.25. The van der Waals surface area contributed by atoms with E-state index in [1.54, 1.807) is 6.92 Å². The minimum absolute atomic E-state index is 0.000556. The molecule has 0 saturated heterocycles. The minimum atomic E-state index is -1.05. The van der Waals surface area contributed by atoms with Crippen molar-refractivity contribution in [3.05, 3.63) is 21.9 Å². The van der Waals surface area contributed by atoms with Gasteiger partial charge in [-0.2, -0.15) is 0 Å². The van der Waals surface area contributed by atoms with Crippen LogP contribution in [0.15, 0.2) is 11.8 Å². The van der Waals surface area contributed by atoms with Crippen LogP contribution in [-0.2, 0) is 14.3 Å². The van der Waals surface area contributed by atoms with E-state index in [1.807, 2.05) is 13.8 Å². The van der Waals surface area contributed by atoms with Crippen molar-refractivity contribution in [2.45, 2.75) is 40.0 Å². The van der Waals surface area contributed by atoms with E-state index in [1.165, 1.54) is 0 Å². The molecule has 0 amide bonds. The summed E-state index contributed by atoms with van der Waals surface area (Å²) in [5.74, 6) is -2.42. The highest BCUT2D eigenvalue weighted by molar-refractivity contribution is 5.77. The molecule has 1 N–H and O–H groups in total. The fraction of sp³-hybridized carbons (Fsp3) is 0.692. The molecular weight excluding hydrogens is 266 g/mol. The van der Waals surface area contributed by atoms with Crippen LogP contribution < -0.4 is 0 Å². The monoisotopic (exact) mass is 287 g/mol. The van der Waals surface area contributed by atoms with Gasteiger partial charge in [0.2, 0.25) is 6.20 Å². The van der Waals surface area contributed by atoms with Crippen LogP contribution in [0.1, 0.15) is 40.0 Å². The van der Waals surface area contributed by atoms with Gasteiger partial charge in [-0.05, 0) is 25.7 Å². The van der Waals surface area contributed by atoms with Crippen LogP contribution in [0.4, 0.5) is 0 Å². The molecule has 114 valence electrons. The smallest absolute Gasteiger partial charge is 0.313 e. The Morgan fingerprint density at radius 1 is 1.40 bits per heavy atom. The predicted molar refractivity (Wildman–Crippen MR) is 71.5 cm³/mol. The standard InChI is InChI=1S/C13H21NO6/c1-4-20-13(17)11(5-6-12(15)16)10(7-9(2)3)8-14(18)19/h8-9,11H,4-7H2,1-3H3,(H,15,16). The van der Waals surface area contributed by atoms with Gasteiger partial charge in [0, 0.05) is 12.0 Å². The molecule has 0 aliphatic rings. The van der Waals surface area contributed by atoms with Crippen molar-refractivity contribution in [2.75, 3.05) is 6.61 Å². The Morgan fingerprint density at radius 2 is 2.00 bits per heavy atom. The lowest BCUT2D eigenvalue weighted by atomic mass is 9.88. The number of rotatable bonds is 9. The van der Waals surface area contributed by atoms with Gasteiger partial charge >= 0.3 is 11.9 Å². The molecule has 0 aromatic heterocycles. The second-order valence-electron chi connectivity index (χ2n) is 4.82. The largest absolute Gasteiger partial charge is 0.481 e. The van der Waals surface area contributed by atoms with E-state index in [9.17, 15) is 19.7 Å². The maximum atomic E-state index is 11.9. The van der Waals surface area contributed by atoms with Crippen molar-refractivity contribution >= 4 is 11.9 Å². The fourth-order valence-corrected chi connectivity index (χ4v) is 1.86. The van der Waals surface area contributed by atoms with Crippen LogP contribution in [0.3, 0.4) is 0 Å². The zero-order chi connectivity index (χ0) is 15.7. The quantitative estimate of drug-likeness (QED) is 0.396. The Balaban J connectivity index is 5.22. The summed E-state index contributed by atoms with van der Waals surface area (Å²) in [6, 6.07) is 0. The van der Waals surface area contributed by atoms with E-state index in [0.717, 1.165) is 6.20 Å². The summed E-state index contributed by atoms with van der Waals surface area (Å²) in [5.41, 5.74) is 0.310. The van der Waals surface area contributed by atoms with E-state index in [2.05, 4.69) is 0 Å². The summed E-state index contributed by atoms with van der Waals surface area (Å²) in [5, 5.41) is 19.4. The number of esters is 1. The molecular formula is C13H21NO6. The van der Waals surface area contributed by atoms with Gasteiger partial charge < -0.3 is 9.84 Å². The third-order valence-electron chi connectivity index (χ3n) is 2.58. The first-order chi connectivity index (χ1) is 9.27. The number of aliphatic carboxylic acids is 1. The molecule has 0 aromatic carbocycles. The average Bonchev–Trinajstić information content (AvgIpc) is 2.27. The van der Waals surface area contributed by atoms with Crippen molar-refractivity contribution in [2.24, 2.45) is 11.8 Å². The summed E-state index contributed by atoms with van der Waals surface area (Å²) >= 11 is 0. The Bertz CT molecular complexity index is 388. The molecule has 7 nitrogen and oxygen atoms in total. The lowest BCUT2D eigenvalue weighted by Crippen LogP contribution is -2.22. The van der Waals surface area contributed by atoms with Gasteiger partial charge in [-0.15, -0.1) is 0 Å². The number of carbonyl (C=O) groups is 2. The molecule has 0 heterocycles. The molecule has 0 radical (unpaired) electrons. The Morgan fingerprint density at radius 3 is 2.40 bits per heavy atom. The first kappa shape index (κ1) is 18.1. The molecule has 1 atom stereocenters. The lowest BCUT2D eigenvalue weighted by Gasteiger charge is -2.18. The first-order valence-corrected chi connectivity index (χ1v) is 6.50. The number of nitrogens with zero attached hydrogens (tertiary/aromatic N) is 1. The normalized spacial score (nSPS) is 13.1. The van der Waals surface area contributed by atoms with Gasteiger partial charge in [-0.1, -0.05) is 13.8 Å². The van der Waals surface area contributed by atoms with Crippen LogP contribution in [-0.4, -0.2) is 28.6 Å². The Hall–Kier alpha value is -1.92. The Labute approximate surface area is 117 Å². The number of ether oxygens (including phenoxy) is 1. The van der Waals surface area contributed by atoms with Gasteiger partial charge in [0.05, 0.1) is 17.4 Å². The van der Waals surface area contributed by atoms with Gasteiger partial charge in [-0.25, -0.2) is 0 Å². The van der Waals surface area contributed by atoms with E-state index in [-0.39, 0.29) is 25.4 Å². The molecule has 0 fully saturated rings. The van der Waals surface area contributed by atoms with Crippen molar-refractivity contribution in [1.29, 1.82) is 0 Å². The number of carbonyl (C=O) groups excluding carboxylic acids is 1. The summed E-state index contributed by atoms with van der Waals surface area (Å²) in [6.45, 7) is 5.52. The number of nitro groups is 1. The zero-order valence-electron chi connectivity index (χ0n) is 12.0. The van der Waals surface area contributed by atoms with Gasteiger partial charge in [0.15, 0.2) is 0 Å². The van der Waals surface area contributed by atoms with E-state index in [0.29, 0.717) is 12.0 Å². The third kappa shape index (κ3) is 7.50. The predicted octanol–water partition coefficient (Wildman–Crippen LogP) is 2.24. The summed E-state index contributed by atoms with van der Waals surface area (Å²) in [6.07, 6.45) is 0.907. The molecule has 0 aromatic rings. The third-order valence-corrected chi connectivity index (χ3v) is 2.58. The molecule has 1 unspecified atom stereocenters. The zero-order valence-corrected chi connectivity index (χ0v) is 12.0. The van der Waals surface area contributed by atoms with Crippen molar-refractivity contribution in [1.82, 2.24) is 0 Å². The second kappa shape index (κ2) is 9.06. The van der Waals surface area contributed by atoms with Crippen LogP contribution in [0, 0.1) is 22.0 Å². The highest BCUT2D eigenvalue weighted by atomic mass is 16.6. The maximum absolute atomic E-state index is 11.9. The lowest BCUT2D eigenvalue weighted by molar-refractivity contribution is -0.404. The maximum Gasteiger partial charge on any atom is 0.313 e. The first-order valence-electron chi connectivity index (χ1n) is 6.50. The van der Waals surface area contributed by atoms with Crippen LogP contribution in [0.2, 0.25) is 0 Å². The van der Waals surface area contributed by atoms with E-state index in [4.69, 9.17) is 9.84 Å². The van der Waals surface area contributed by atoms with Gasteiger partial charge in [0.1, 0.15) is 0 Å². The molecule has 0 bridgehead atoms. The van der Waals surface area contributed by atoms with Crippen LogP contribution >= 0.6 is 0 Å². The molecule has 0 aliphatic carbocycles. The molecule has 0 spiro atoms. The molecule has 0 aliphatic heterocycles. The Kier molecular flexibility index (Phi) is 8.19. The number of hydrogen-bond acceptors (Lipinski definition) is 5. The average molecular weight is 287 g/mol. The topological polar surface area (TPSA) is 107 Å². The minimum Gasteiger partial charge on any atom is -0.481 e. The van der Waals surface area contributed by atoms with Crippen LogP contribution in [0.5, 0.6) is 0 Å². The van der Waals surface area contributed by atoms with Crippen molar-refractivity contribution < 1.29 is 24.4 Å². The van der Waals surface area contributed by atoms with E-state index >= 15 is 0 Å². The van der Waals surface area contributed by atoms with Gasteiger partial charge in [0.25, 0.3) is 0 Å². The summed E-state index contributed by atoms with van der Waals surface area (Å²) < 4.78 is 4.89. The van der Waals surface area contributed by atoms with Crippen molar-refractivity contribution in [3.63, 3.8) is 0 Å². The number of hydrogen-bond donors (Lipinski definition) is 1. The summed E-state index contributed by atoms with van der Waals surface area (Å²) in [4.78, 5) is 32.6. The number of carboxylic acid groups (broad SMARTS) is 1. The fourth-order valence-electron chi connectivity index (χ4n) is 1.86. The van der Waals surface area contributed by atoms with Crippen LogP contribution in [0.25, 0.3) is 0 Å². The SMILES string of the molecule is CCOC(=O)C(CCC(=O)O)C(=C[N+](=O)[O-])CC(C)C. The van der Waals surface area contributed by atoms with Crippen molar-refractivity contribution in [3.8, 4) is 0 Å². The molecule has 0 saturated carbocycles. The summed E-state index contributed by atoms with van der Waals surface area (Å²) in [7, 11) is 0. The van der Waals surface area contributed by atoms with Gasteiger partial charge in [-0.3, -0.25) is 19.7 Å². The van der Waals surface area contributed by atoms with E-state index < -0.39 is 22.8 Å². The second-order valence-corrected chi connectivity index (χ2v) is 4.82. The molecule has 0 rings (SSSR count). The number of carboxylic acids is 1.